The van der Waals surface area contributed by atoms with Crippen molar-refractivity contribution in [1.29, 1.82) is 0 Å². The van der Waals surface area contributed by atoms with E-state index < -0.39 is 6.34 Å². The number of hydrogen-bond donors (Lipinski definition) is 1. The van der Waals surface area contributed by atoms with Crippen LogP contribution in [0, 0.1) is 0 Å². The predicted molar refractivity (Wildman–Crippen MR) is 86.4 cm³/mol. The zero-order valence-electron chi connectivity index (χ0n) is 12.2. The number of hydrogen-bond acceptors (Lipinski definition) is 1. The summed E-state index contributed by atoms with van der Waals surface area (Å²) in [5.74, 6) is 0. The van der Waals surface area contributed by atoms with Gasteiger partial charge in [-0.05, 0) is 26.1 Å². The molecule has 1 unspecified atom stereocenters. The van der Waals surface area contributed by atoms with Crippen molar-refractivity contribution in [3.05, 3.63) is 35.4 Å². The molecule has 0 radical (unpaired) electrons. The van der Waals surface area contributed by atoms with Gasteiger partial charge in [-0.3, -0.25) is 5.09 Å². The molecule has 0 saturated heterocycles. The van der Waals surface area contributed by atoms with E-state index >= 15 is 0 Å². The Morgan fingerprint density at radius 1 is 1.00 bits per heavy atom. The third kappa shape index (κ3) is 5.19. The highest BCUT2D eigenvalue weighted by atomic mass is 32.4. The molecule has 2 nitrogen and oxygen atoms in total. The molecule has 0 aliphatic rings. The molecule has 0 aliphatic carbocycles. The Morgan fingerprint density at radius 3 is 1.89 bits per heavy atom. The average molecular weight is 283 g/mol. The van der Waals surface area contributed by atoms with E-state index in [0.717, 1.165) is 5.30 Å². The van der Waals surface area contributed by atoms with E-state index in [4.69, 9.17) is 16.9 Å². The van der Waals surface area contributed by atoms with E-state index in [-0.39, 0.29) is 11.1 Å². The van der Waals surface area contributed by atoms with Gasteiger partial charge in [-0.2, -0.15) is 0 Å². The second-order valence-electron chi connectivity index (χ2n) is 6.54. The predicted octanol–water partition coefficient (Wildman–Crippen LogP) is 4.18. The smallest absolute Gasteiger partial charge is 0.0128 e. The third-order valence-electron chi connectivity index (χ3n) is 2.03. The number of nitrogens with zero attached hydrogens (tertiary/aromatic N) is 1. The van der Waals surface area contributed by atoms with Crippen molar-refractivity contribution in [3.63, 3.8) is 0 Å². The van der Waals surface area contributed by atoms with E-state index in [0.29, 0.717) is 0 Å². The van der Waals surface area contributed by atoms with Crippen molar-refractivity contribution in [2.75, 3.05) is 0 Å². The Hall–Kier alpha value is -0.210. The normalized spacial score (nSPS) is 16.3. The Labute approximate surface area is 117 Å². The minimum absolute atomic E-state index is 0.0415. The average Bonchev–Trinajstić information content (AvgIpc) is 2.13. The topological polar surface area (TPSA) is 26.1 Å². The van der Waals surface area contributed by atoms with Crippen LogP contribution >= 0.6 is 6.34 Å². The van der Waals surface area contributed by atoms with Gasteiger partial charge in [0, 0.05) is 5.54 Å². The van der Waals surface area contributed by atoms with Gasteiger partial charge in [-0.25, -0.2) is 0 Å². The minimum atomic E-state index is -2.11. The van der Waals surface area contributed by atoms with E-state index in [1.807, 2.05) is 18.2 Å². The largest absolute Gasteiger partial charge is 0.606 e. The van der Waals surface area contributed by atoms with Crippen molar-refractivity contribution in [1.82, 2.24) is 5.09 Å². The molecule has 0 aromatic heterocycles. The standard InChI is InChI=1S/C14H24N2PS/c1-13(2,3)15-17(18,16-14(4,5)6)12-10-8-7-9-11-12/h7-11H,1-6H3,(H-,15,16,18)/q-1. The van der Waals surface area contributed by atoms with Crippen LogP contribution in [0.2, 0.25) is 0 Å². The molecule has 0 saturated carbocycles. The monoisotopic (exact) mass is 283 g/mol. The van der Waals surface area contributed by atoms with Crippen LogP contribution in [-0.2, 0) is 11.8 Å². The lowest BCUT2D eigenvalue weighted by molar-refractivity contribution is 0.528. The number of benzene rings is 1. The van der Waals surface area contributed by atoms with Gasteiger partial charge in [-0.1, -0.05) is 69.2 Å². The molecular formula is C14H24N2PS-. The third-order valence-corrected chi connectivity index (χ3v) is 6.04. The fourth-order valence-corrected chi connectivity index (χ4v) is 6.20. The lowest BCUT2D eigenvalue weighted by Gasteiger charge is -2.50. The zero-order chi connectivity index (χ0) is 14.0. The lowest BCUT2D eigenvalue weighted by atomic mass is 10.1. The summed E-state index contributed by atoms with van der Waals surface area (Å²) in [7, 11) is 0. The Kier molecular flexibility index (Phi) is 4.77. The van der Waals surface area contributed by atoms with Crippen LogP contribution in [0.4, 0.5) is 0 Å². The Balaban J connectivity index is 3.14. The van der Waals surface area contributed by atoms with E-state index in [1.165, 1.54) is 0 Å². The molecule has 18 heavy (non-hydrogen) atoms. The second-order valence-corrected chi connectivity index (χ2v) is 10.2. The Bertz CT molecular complexity index is 409. The first-order valence-corrected chi connectivity index (χ1v) is 8.97. The van der Waals surface area contributed by atoms with E-state index in [2.05, 4.69) is 58.8 Å². The summed E-state index contributed by atoms with van der Waals surface area (Å²) in [5, 5.41) is 9.61. The molecule has 0 aliphatic heterocycles. The number of rotatable bonds is 3. The molecule has 1 rings (SSSR count). The van der Waals surface area contributed by atoms with E-state index in [9.17, 15) is 0 Å². The van der Waals surface area contributed by atoms with Gasteiger partial charge in [0.25, 0.3) is 0 Å². The van der Waals surface area contributed by atoms with Gasteiger partial charge in [0.15, 0.2) is 0 Å². The van der Waals surface area contributed by atoms with Crippen molar-refractivity contribution < 1.29 is 0 Å². The molecule has 1 aromatic carbocycles. The maximum atomic E-state index is 5.90. The van der Waals surface area contributed by atoms with Crippen LogP contribution in [0.5, 0.6) is 0 Å². The van der Waals surface area contributed by atoms with Gasteiger partial charge in [-0.15, -0.1) is 5.54 Å². The van der Waals surface area contributed by atoms with Crippen LogP contribution in [0.1, 0.15) is 41.5 Å². The molecule has 0 bridgehead atoms. The minimum Gasteiger partial charge on any atom is -0.606 e. The molecule has 0 amide bonds. The summed E-state index contributed by atoms with van der Waals surface area (Å²) in [6, 6.07) is 10.2. The van der Waals surface area contributed by atoms with Crippen molar-refractivity contribution in [2.45, 2.75) is 52.6 Å². The van der Waals surface area contributed by atoms with Crippen molar-refractivity contribution in [3.8, 4) is 0 Å². The van der Waals surface area contributed by atoms with Crippen molar-refractivity contribution in [2.24, 2.45) is 0 Å². The fourth-order valence-electron chi connectivity index (χ4n) is 1.65. The molecule has 0 fully saturated rings. The highest BCUT2D eigenvalue weighted by molar-refractivity contribution is 8.18. The van der Waals surface area contributed by atoms with Gasteiger partial charge in [0.05, 0.1) is 0 Å². The first kappa shape index (κ1) is 15.8. The van der Waals surface area contributed by atoms with E-state index in [1.54, 1.807) is 0 Å². The van der Waals surface area contributed by atoms with Crippen LogP contribution in [0.15, 0.2) is 30.3 Å². The molecule has 1 atom stereocenters. The molecule has 0 heterocycles. The summed E-state index contributed by atoms with van der Waals surface area (Å²) < 4.78 is 0. The maximum Gasteiger partial charge on any atom is 0.0128 e. The Morgan fingerprint density at radius 2 is 1.50 bits per heavy atom. The second kappa shape index (κ2) is 5.42. The maximum absolute atomic E-state index is 5.90. The van der Waals surface area contributed by atoms with Crippen LogP contribution in [0.25, 0.3) is 5.09 Å². The van der Waals surface area contributed by atoms with Crippen LogP contribution in [0.3, 0.4) is 0 Å². The quantitative estimate of drug-likeness (QED) is 0.842. The molecule has 1 aromatic rings. The molecule has 102 valence electrons. The summed E-state index contributed by atoms with van der Waals surface area (Å²) >= 11 is 5.90. The summed E-state index contributed by atoms with van der Waals surface area (Å²) in [6.45, 7) is 12.7. The SMILES string of the molecule is CC(C)(C)[N-]P(=S)(NC(C)(C)C)c1ccccc1. The molecular weight excluding hydrogens is 259 g/mol. The molecule has 4 heteroatoms. The van der Waals surface area contributed by atoms with Crippen molar-refractivity contribution >= 4 is 23.5 Å². The van der Waals surface area contributed by atoms with Crippen LogP contribution < -0.4 is 10.4 Å². The van der Waals surface area contributed by atoms with Gasteiger partial charge in [0.1, 0.15) is 0 Å². The summed E-state index contributed by atoms with van der Waals surface area (Å²) in [4.78, 5) is 0. The summed E-state index contributed by atoms with van der Waals surface area (Å²) in [5.41, 5.74) is -0.177. The lowest BCUT2D eigenvalue weighted by Crippen LogP contribution is -2.37. The van der Waals surface area contributed by atoms with Crippen LogP contribution in [-0.4, -0.2) is 11.1 Å². The first-order chi connectivity index (χ1) is 8.02. The zero-order valence-corrected chi connectivity index (χ0v) is 13.9. The number of nitrogens with one attached hydrogen (secondary N) is 1. The highest BCUT2D eigenvalue weighted by Gasteiger charge is 2.20. The van der Waals surface area contributed by atoms with Gasteiger partial charge in [0.2, 0.25) is 0 Å². The molecule has 1 N–H and O–H groups in total. The van der Waals surface area contributed by atoms with Gasteiger partial charge < -0.3 is 5.09 Å². The molecule has 0 spiro atoms. The van der Waals surface area contributed by atoms with Gasteiger partial charge >= 0.3 is 0 Å². The highest BCUT2D eigenvalue weighted by Crippen LogP contribution is 2.53. The first-order valence-electron chi connectivity index (χ1n) is 6.21. The fraction of sp³-hybridized carbons (Fsp3) is 0.571. The summed E-state index contributed by atoms with van der Waals surface area (Å²) in [6.07, 6.45) is -2.11.